The largest absolute Gasteiger partial charge is 0.489 e. The van der Waals surface area contributed by atoms with Crippen molar-refractivity contribution in [1.82, 2.24) is 14.8 Å². The standard InChI is InChI=1S/C27H35N3O2/c1-20-26(2,3)23-6-4-5-22(24(23)32-20)19-29-15-9-27(10-16-29)11-17-30(18-12-27)25(31)21-7-13-28-14-8-21/h4-8,13-14,20H,9-12,15-19H2,1-3H3. The molecule has 1 aromatic carbocycles. The molecule has 3 aliphatic rings. The Labute approximate surface area is 191 Å². The van der Waals surface area contributed by atoms with Crippen molar-refractivity contribution in [3.05, 3.63) is 59.4 Å². The fourth-order valence-electron chi connectivity index (χ4n) is 5.69. The van der Waals surface area contributed by atoms with E-state index in [-0.39, 0.29) is 17.4 Å². The van der Waals surface area contributed by atoms with Gasteiger partial charge in [0.15, 0.2) is 0 Å². The zero-order valence-electron chi connectivity index (χ0n) is 19.6. The van der Waals surface area contributed by atoms with Gasteiger partial charge in [-0.2, -0.15) is 0 Å². The summed E-state index contributed by atoms with van der Waals surface area (Å²) in [6.45, 7) is 11.7. The summed E-state index contributed by atoms with van der Waals surface area (Å²) in [6.07, 6.45) is 8.29. The van der Waals surface area contributed by atoms with Crippen LogP contribution in [0, 0.1) is 5.41 Å². The van der Waals surface area contributed by atoms with E-state index in [2.05, 4.69) is 48.9 Å². The molecular formula is C27H35N3O2. The summed E-state index contributed by atoms with van der Waals surface area (Å²) >= 11 is 0. The Balaban J connectivity index is 1.18. The molecular weight excluding hydrogens is 398 g/mol. The lowest BCUT2D eigenvalue weighted by Gasteiger charge is -2.47. The van der Waals surface area contributed by atoms with Gasteiger partial charge < -0.3 is 9.64 Å². The molecule has 0 aliphatic carbocycles. The van der Waals surface area contributed by atoms with Crippen LogP contribution >= 0.6 is 0 Å². The van der Waals surface area contributed by atoms with Crippen molar-refractivity contribution in [2.45, 2.75) is 64.5 Å². The zero-order chi connectivity index (χ0) is 22.3. The third-order valence-corrected chi connectivity index (χ3v) is 8.45. The summed E-state index contributed by atoms with van der Waals surface area (Å²) in [5, 5.41) is 0. The van der Waals surface area contributed by atoms with Crippen LogP contribution in [0.15, 0.2) is 42.7 Å². The molecule has 1 aromatic heterocycles. The Bertz CT molecular complexity index is 970. The minimum absolute atomic E-state index is 0.0684. The van der Waals surface area contributed by atoms with Crippen molar-refractivity contribution < 1.29 is 9.53 Å². The van der Waals surface area contributed by atoms with E-state index in [0.29, 0.717) is 5.41 Å². The number of para-hydroxylation sites is 1. The number of fused-ring (bicyclic) bond motifs is 1. The van der Waals surface area contributed by atoms with E-state index in [9.17, 15) is 4.79 Å². The molecule has 0 N–H and O–H groups in total. The number of amides is 1. The van der Waals surface area contributed by atoms with Gasteiger partial charge in [0.25, 0.3) is 5.91 Å². The molecule has 5 nitrogen and oxygen atoms in total. The van der Waals surface area contributed by atoms with Crippen molar-refractivity contribution >= 4 is 5.91 Å². The fourth-order valence-corrected chi connectivity index (χ4v) is 5.69. The van der Waals surface area contributed by atoms with Gasteiger partial charge in [0.05, 0.1) is 0 Å². The van der Waals surface area contributed by atoms with Gasteiger partial charge in [-0.25, -0.2) is 0 Å². The van der Waals surface area contributed by atoms with E-state index in [1.807, 2.05) is 17.0 Å². The Morgan fingerprint density at radius 3 is 2.38 bits per heavy atom. The summed E-state index contributed by atoms with van der Waals surface area (Å²) in [6, 6.07) is 10.3. The summed E-state index contributed by atoms with van der Waals surface area (Å²) in [5.74, 6) is 1.27. The topological polar surface area (TPSA) is 45.7 Å². The van der Waals surface area contributed by atoms with Gasteiger partial charge in [0, 0.05) is 54.1 Å². The number of likely N-dealkylation sites (tertiary alicyclic amines) is 2. The highest BCUT2D eigenvalue weighted by Crippen LogP contribution is 2.46. The first-order chi connectivity index (χ1) is 15.4. The quantitative estimate of drug-likeness (QED) is 0.706. The number of carbonyl (C=O) groups excluding carboxylic acids is 1. The Morgan fingerprint density at radius 1 is 1.03 bits per heavy atom. The van der Waals surface area contributed by atoms with Gasteiger partial charge in [-0.1, -0.05) is 32.0 Å². The minimum Gasteiger partial charge on any atom is -0.489 e. The maximum atomic E-state index is 12.8. The van der Waals surface area contributed by atoms with Crippen molar-refractivity contribution in [3.8, 4) is 5.75 Å². The third-order valence-electron chi connectivity index (χ3n) is 8.45. The molecule has 1 amide bonds. The smallest absolute Gasteiger partial charge is 0.253 e. The molecule has 2 saturated heterocycles. The number of nitrogens with zero attached hydrogens (tertiary/aromatic N) is 3. The Hall–Kier alpha value is -2.40. The van der Waals surface area contributed by atoms with Crippen LogP contribution in [-0.4, -0.2) is 53.0 Å². The van der Waals surface area contributed by atoms with Gasteiger partial charge in [-0.3, -0.25) is 14.7 Å². The first-order valence-corrected chi connectivity index (χ1v) is 12.1. The number of aromatic nitrogens is 1. The normalized spacial score (nSPS) is 24.2. The SMILES string of the molecule is CC1Oc2c(CN3CCC4(CC3)CCN(C(=O)c3ccncc3)CC4)cccc2C1(C)C. The monoisotopic (exact) mass is 433 g/mol. The summed E-state index contributed by atoms with van der Waals surface area (Å²) in [4.78, 5) is 21.4. The van der Waals surface area contributed by atoms with Crippen LogP contribution in [0.1, 0.15) is 67.9 Å². The highest BCUT2D eigenvalue weighted by atomic mass is 16.5. The van der Waals surface area contributed by atoms with Crippen LogP contribution in [0.2, 0.25) is 0 Å². The number of ether oxygens (including phenoxy) is 1. The lowest BCUT2D eigenvalue weighted by Crippen LogP contribution is -2.48. The van der Waals surface area contributed by atoms with Crippen LogP contribution < -0.4 is 4.74 Å². The lowest BCUT2D eigenvalue weighted by atomic mass is 9.71. The van der Waals surface area contributed by atoms with E-state index >= 15 is 0 Å². The number of hydrogen-bond acceptors (Lipinski definition) is 4. The first-order valence-electron chi connectivity index (χ1n) is 12.1. The highest BCUT2D eigenvalue weighted by Gasteiger charge is 2.41. The molecule has 2 fully saturated rings. The summed E-state index contributed by atoms with van der Waals surface area (Å²) in [5.41, 5.74) is 3.90. The maximum absolute atomic E-state index is 12.8. The third kappa shape index (κ3) is 3.81. The number of rotatable bonds is 3. The van der Waals surface area contributed by atoms with E-state index in [1.165, 1.54) is 24.0 Å². The molecule has 32 heavy (non-hydrogen) atoms. The fraction of sp³-hybridized carbons (Fsp3) is 0.556. The van der Waals surface area contributed by atoms with E-state index < -0.39 is 0 Å². The average molecular weight is 434 g/mol. The minimum atomic E-state index is 0.0684. The molecule has 170 valence electrons. The summed E-state index contributed by atoms with van der Waals surface area (Å²) in [7, 11) is 0. The second-order valence-corrected chi connectivity index (χ2v) is 10.6. The van der Waals surface area contributed by atoms with E-state index in [0.717, 1.165) is 56.9 Å². The van der Waals surface area contributed by atoms with Gasteiger partial charge in [-0.15, -0.1) is 0 Å². The van der Waals surface area contributed by atoms with E-state index in [1.54, 1.807) is 12.4 Å². The van der Waals surface area contributed by atoms with Gasteiger partial charge in [-0.05, 0) is 63.2 Å². The van der Waals surface area contributed by atoms with Crippen LogP contribution in [0.5, 0.6) is 5.75 Å². The Morgan fingerprint density at radius 2 is 1.69 bits per heavy atom. The number of carbonyl (C=O) groups is 1. The zero-order valence-corrected chi connectivity index (χ0v) is 19.6. The molecule has 0 radical (unpaired) electrons. The van der Waals surface area contributed by atoms with Crippen LogP contribution in [-0.2, 0) is 12.0 Å². The van der Waals surface area contributed by atoms with Gasteiger partial charge in [0.2, 0.25) is 0 Å². The number of pyridine rings is 1. The predicted molar refractivity (Wildman–Crippen MR) is 126 cm³/mol. The molecule has 3 aliphatic heterocycles. The summed E-state index contributed by atoms with van der Waals surface area (Å²) < 4.78 is 6.31. The molecule has 5 rings (SSSR count). The number of piperidine rings is 2. The maximum Gasteiger partial charge on any atom is 0.253 e. The predicted octanol–water partition coefficient (Wildman–Crippen LogP) is 4.66. The molecule has 5 heteroatoms. The molecule has 4 heterocycles. The number of benzene rings is 1. The van der Waals surface area contributed by atoms with Gasteiger partial charge in [0.1, 0.15) is 11.9 Å². The number of hydrogen-bond donors (Lipinski definition) is 0. The van der Waals surface area contributed by atoms with Crippen molar-refractivity contribution in [1.29, 1.82) is 0 Å². The lowest BCUT2D eigenvalue weighted by molar-refractivity contribution is 0.0283. The molecule has 0 saturated carbocycles. The molecule has 1 spiro atoms. The Kier molecular flexibility index (Phi) is 5.48. The van der Waals surface area contributed by atoms with Crippen LogP contribution in [0.25, 0.3) is 0 Å². The van der Waals surface area contributed by atoms with Crippen molar-refractivity contribution in [2.24, 2.45) is 5.41 Å². The van der Waals surface area contributed by atoms with Gasteiger partial charge >= 0.3 is 0 Å². The first kappa shape index (κ1) is 21.4. The van der Waals surface area contributed by atoms with Crippen LogP contribution in [0.4, 0.5) is 0 Å². The molecule has 1 unspecified atom stereocenters. The van der Waals surface area contributed by atoms with Crippen LogP contribution in [0.3, 0.4) is 0 Å². The molecule has 2 aromatic rings. The molecule has 1 atom stereocenters. The van der Waals surface area contributed by atoms with Crippen molar-refractivity contribution in [2.75, 3.05) is 26.2 Å². The van der Waals surface area contributed by atoms with Crippen molar-refractivity contribution in [3.63, 3.8) is 0 Å². The second kappa shape index (κ2) is 8.18. The second-order valence-electron chi connectivity index (χ2n) is 10.6. The van der Waals surface area contributed by atoms with E-state index in [4.69, 9.17) is 4.74 Å². The molecule has 0 bridgehead atoms. The highest BCUT2D eigenvalue weighted by molar-refractivity contribution is 5.94. The average Bonchev–Trinajstić information content (AvgIpc) is 3.05.